The maximum absolute atomic E-state index is 12.4. The van der Waals surface area contributed by atoms with Gasteiger partial charge in [-0.25, -0.2) is 0 Å². The normalized spacial score (nSPS) is 33.2. The third-order valence-electron chi connectivity index (χ3n) is 5.00. The number of allylic oxidation sites excluding steroid dienone is 2. The van der Waals surface area contributed by atoms with Gasteiger partial charge >= 0.3 is 5.97 Å². The van der Waals surface area contributed by atoms with Crippen LogP contribution in [-0.4, -0.2) is 54.6 Å². The van der Waals surface area contributed by atoms with Crippen LogP contribution in [0, 0.1) is 23.7 Å². The first kappa shape index (κ1) is 16.1. The van der Waals surface area contributed by atoms with Crippen LogP contribution >= 0.6 is 0 Å². The van der Waals surface area contributed by atoms with Crippen molar-refractivity contribution in [2.45, 2.75) is 18.1 Å². The van der Waals surface area contributed by atoms with Crippen LogP contribution in [0.4, 0.5) is 0 Å². The van der Waals surface area contributed by atoms with Crippen LogP contribution < -0.4 is 0 Å². The largest absolute Gasteiger partial charge is 0.468 e. The predicted molar refractivity (Wildman–Crippen MR) is 76.4 cm³/mol. The van der Waals surface area contributed by atoms with E-state index in [2.05, 4.69) is 4.74 Å². The van der Waals surface area contributed by atoms with Gasteiger partial charge in [-0.1, -0.05) is 12.2 Å². The fourth-order valence-electron chi connectivity index (χ4n) is 3.95. The second-order valence-electron chi connectivity index (χ2n) is 6.14. The number of likely N-dealkylation sites (tertiary alicyclic amines) is 1. The van der Waals surface area contributed by atoms with Crippen LogP contribution in [0.1, 0.15) is 12.8 Å². The van der Waals surface area contributed by atoms with Crippen molar-refractivity contribution in [1.82, 2.24) is 4.90 Å². The van der Waals surface area contributed by atoms with Crippen molar-refractivity contribution in [3.63, 3.8) is 0 Å². The van der Waals surface area contributed by atoms with E-state index in [4.69, 9.17) is 4.55 Å². The third-order valence-corrected chi connectivity index (χ3v) is 6.15. The smallest absolute Gasteiger partial charge is 0.326 e. The molecule has 1 N–H and O–H groups in total. The molecule has 2 amide bonds. The summed E-state index contributed by atoms with van der Waals surface area (Å²) in [6.45, 7) is -0.232. The number of carbonyl (C=O) groups excluding carboxylic acids is 3. The van der Waals surface area contributed by atoms with E-state index < -0.39 is 21.3 Å². The standard InChI is InChI=1S/C14H17NO7S/c1-22-14(18)9(23(19,20)21)4-5-15-12(16)10-7-2-3-8(6-7)11(10)13(15)17/h2-3,7-11H,4-6H2,1H3,(H,19,20,21). The Labute approximate surface area is 133 Å². The van der Waals surface area contributed by atoms with E-state index >= 15 is 0 Å². The van der Waals surface area contributed by atoms with Gasteiger partial charge in [0.2, 0.25) is 11.8 Å². The van der Waals surface area contributed by atoms with E-state index in [0.29, 0.717) is 0 Å². The minimum absolute atomic E-state index is 0.0597. The highest BCUT2D eigenvalue weighted by Crippen LogP contribution is 2.52. The molecule has 2 fully saturated rings. The summed E-state index contributed by atoms with van der Waals surface area (Å²) in [5, 5.41) is -1.80. The molecule has 0 spiro atoms. The number of hydrogen-bond donors (Lipinski definition) is 1. The fraction of sp³-hybridized carbons (Fsp3) is 0.643. The van der Waals surface area contributed by atoms with E-state index in [-0.39, 0.29) is 48.5 Å². The molecule has 2 aliphatic carbocycles. The molecule has 23 heavy (non-hydrogen) atoms. The molecule has 0 aromatic carbocycles. The minimum atomic E-state index is -4.67. The lowest BCUT2D eigenvalue weighted by molar-refractivity contribution is -0.143. The van der Waals surface area contributed by atoms with E-state index in [1.165, 1.54) is 0 Å². The number of ether oxygens (including phenoxy) is 1. The van der Waals surface area contributed by atoms with Crippen LogP contribution in [0.25, 0.3) is 0 Å². The summed E-state index contributed by atoms with van der Waals surface area (Å²) in [5.74, 6) is -2.39. The first-order valence-electron chi connectivity index (χ1n) is 7.33. The zero-order valence-corrected chi connectivity index (χ0v) is 13.2. The Bertz CT molecular complexity index is 668. The van der Waals surface area contributed by atoms with Gasteiger partial charge in [0.1, 0.15) is 0 Å². The van der Waals surface area contributed by atoms with E-state index in [9.17, 15) is 22.8 Å². The Morgan fingerprint density at radius 2 is 1.83 bits per heavy atom. The Kier molecular flexibility index (Phi) is 3.80. The molecule has 1 saturated carbocycles. The number of rotatable bonds is 5. The number of imide groups is 1. The van der Waals surface area contributed by atoms with Crippen LogP contribution in [0.5, 0.6) is 0 Å². The maximum Gasteiger partial charge on any atom is 0.326 e. The number of carbonyl (C=O) groups is 3. The van der Waals surface area contributed by atoms with Gasteiger partial charge in [0.15, 0.2) is 5.25 Å². The molecular weight excluding hydrogens is 326 g/mol. The first-order chi connectivity index (χ1) is 10.8. The van der Waals surface area contributed by atoms with Crippen molar-refractivity contribution >= 4 is 27.9 Å². The monoisotopic (exact) mass is 343 g/mol. The Morgan fingerprint density at radius 3 is 2.26 bits per heavy atom. The molecule has 0 aromatic rings. The van der Waals surface area contributed by atoms with Crippen LogP contribution in [0.2, 0.25) is 0 Å². The highest BCUT2D eigenvalue weighted by molar-refractivity contribution is 7.87. The number of amides is 2. The van der Waals surface area contributed by atoms with E-state index in [1.54, 1.807) is 0 Å². The van der Waals surface area contributed by atoms with Gasteiger partial charge < -0.3 is 4.74 Å². The van der Waals surface area contributed by atoms with Crippen LogP contribution in [0.3, 0.4) is 0 Å². The predicted octanol–water partition coefficient (Wildman–Crippen LogP) is -0.387. The van der Waals surface area contributed by atoms with Crippen molar-refractivity contribution in [3.8, 4) is 0 Å². The molecule has 126 valence electrons. The van der Waals surface area contributed by atoms with Gasteiger partial charge in [-0.15, -0.1) is 0 Å². The first-order valence-corrected chi connectivity index (χ1v) is 8.83. The SMILES string of the molecule is COC(=O)C(CCN1C(=O)C2C3C=CC(C3)C2C1=O)S(=O)(=O)O. The van der Waals surface area contributed by atoms with Gasteiger partial charge in [0.05, 0.1) is 18.9 Å². The number of fused-ring (bicyclic) bond motifs is 5. The molecule has 2 bridgehead atoms. The Morgan fingerprint density at radius 1 is 1.30 bits per heavy atom. The molecule has 0 aromatic heterocycles. The molecule has 1 heterocycles. The zero-order valence-electron chi connectivity index (χ0n) is 12.4. The summed E-state index contributed by atoms with van der Waals surface area (Å²) in [6, 6.07) is 0. The molecule has 3 rings (SSSR count). The lowest BCUT2D eigenvalue weighted by Crippen LogP contribution is -2.39. The van der Waals surface area contributed by atoms with Gasteiger partial charge in [-0.2, -0.15) is 8.42 Å². The van der Waals surface area contributed by atoms with Gasteiger partial charge in [-0.05, 0) is 24.7 Å². The number of hydrogen-bond acceptors (Lipinski definition) is 6. The topological polar surface area (TPSA) is 118 Å². The van der Waals surface area contributed by atoms with E-state index in [0.717, 1.165) is 18.4 Å². The molecule has 0 radical (unpaired) electrons. The molecule has 9 heteroatoms. The molecule has 1 saturated heterocycles. The zero-order chi connectivity index (χ0) is 16.9. The van der Waals surface area contributed by atoms with Crippen LogP contribution in [0.15, 0.2) is 12.2 Å². The molecule has 3 aliphatic rings. The molecule has 8 nitrogen and oxygen atoms in total. The lowest BCUT2D eigenvalue weighted by Gasteiger charge is -2.19. The number of nitrogens with zero attached hydrogens (tertiary/aromatic N) is 1. The van der Waals surface area contributed by atoms with Crippen molar-refractivity contribution in [2.75, 3.05) is 13.7 Å². The Balaban J connectivity index is 1.73. The van der Waals surface area contributed by atoms with Crippen molar-refractivity contribution in [2.24, 2.45) is 23.7 Å². The summed E-state index contributed by atoms with van der Waals surface area (Å²) in [5.41, 5.74) is 0. The second kappa shape index (κ2) is 5.41. The van der Waals surface area contributed by atoms with E-state index in [1.807, 2.05) is 12.2 Å². The van der Waals surface area contributed by atoms with Gasteiger partial charge in [0.25, 0.3) is 10.1 Å². The average molecular weight is 343 g/mol. The molecule has 1 aliphatic heterocycles. The van der Waals surface area contributed by atoms with Crippen molar-refractivity contribution < 1.29 is 32.1 Å². The third kappa shape index (κ3) is 2.47. The van der Waals surface area contributed by atoms with Gasteiger partial charge in [-0.3, -0.25) is 23.8 Å². The van der Waals surface area contributed by atoms with Gasteiger partial charge in [0, 0.05) is 6.54 Å². The summed E-state index contributed by atoms with van der Waals surface area (Å²) >= 11 is 0. The lowest BCUT2D eigenvalue weighted by atomic mass is 9.85. The highest BCUT2D eigenvalue weighted by atomic mass is 32.2. The summed E-state index contributed by atoms with van der Waals surface area (Å²) in [4.78, 5) is 37.4. The quantitative estimate of drug-likeness (QED) is 0.313. The van der Waals surface area contributed by atoms with Crippen molar-refractivity contribution in [1.29, 1.82) is 0 Å². The fourth-order valence-corrected chi connectivity index (χ4v) is 4.69. The minimum Gasteiger partial charge on any atom is -0.468 e. The van der Waals surface area contributed by atoms with Crippen LogP contribution in [-0.2, 0) is 29.2 Å². The second-order valence-corrected chi connectivity index (χ2v) is 7.74. The molecule has 5 atom stereocenters. The molecule has 5 unspecified atom stereocenters. The summed E-state index contributed by atoms with van der Waals surface area (Å²) in [6.07, 6.45) is 4.33. The number of methoxy groups -OCH3 is 1. The summed E-state index contributed by atoms with van der Waals surface area (Å²) in [7, 11) is -3.67. The molecular formula is C14H17NO7S. The van der Waals surface area contributed by atoms with Crippen molar-refractivity contribution in [3.05, 3.63) is 12.2 Å². The average Bonchev–Trinajstić information content (AvgIpc) is 3.14. The number of esters is 1. The summed E-state index contributed by atoms with van der Waals surface area (Å²) < 4.78 is 36.0. The maximum atomic E-state index is 12.4. The highest BCUT2D eigenvalue weighted by Gasteiger charge is 2.59. The Hall–Kier alpha value is -1.74.